The van der Waals surface area contributed by atoms with Crippen molar-refractivity contribution in [3.8, 4) is 5.75 Å². The molecule has 0 bridgehead atoms. The Balaban J connectivity index is 2.27. The Kier molecular flexibility index (Phi) is 5.74. The first kappa shape index (κ1) is 17.7. The fourth-order valence-electron chi connectivity index (χ4n) is 2.59. The number of likely N-dealkylation sites (N-methyl/N-ethyl adjacent to an activating group) is 1. The second-order valence-corrected chi connectivity index (χ2v) is 5.75. The SMILES string of the molecule is CCc1ccc(OCc2c(C)cccc2C(=O)C(=O)NC)c(C)c1. The van der Waals surface area contributed by atoms with Crippen LogP contribution in [0.5, 0.6) is 5.75 Å². The van der Waals surface area contributed by atoms with Crippen LogP contribution in [-0.2, 0) is 17.8 Å². The molecule has 2 aromatic carbocycles. The van der Waals surface area contributed by atoms with Crippen molar-refractivity contribution < 1.29 is 14.3 Å². The molecule has 0 saturated carbocycles. The number of ketones is 1. The summed E-state index contributed by atoms with van der Waals surface area (Å²) < 4.78 is 5.92. The topological polar surface area (TPSA) is 55.4 Å². The Morgan fingerprint density at radius 2 is 1.83 bits per heavy atom. The second-order valence-electron chi connectivity index (χ2n) is 5.75. The Morgan fingerprint density at radius 3 is 2.46 bits per heavy atom. The van der Waals surface area contributed by atoms with Gasteiger partial charge < -0.3 is 10.1 Å². The molecule has 126 valence electrons. The molecule has 0 aromatic heterocycles. The molecule has 4 heteroatoms. The van der Waals surface area contributed by atoms with E-state index in [0.29, 0.717) is 5.56 Å². The normalized spacial score (nSPS) is 10.3. The highest BCUT2D eigenvalue weighted by atomic mass is 16.5. The van der Waals surface area contributed by atoms with Crippen molar-refractivity contribution in [2.45, 2.75) is 33.8 Å². The summed E-state index contributed by atoms with van der Waals surface area (Å²) in [7, 11) is 1.45. The van der Waals surface area contributed by atoms with Crippen LogP contribution in [0.1, 0.15) is 39.5 Å². The number of benzene rings is 2. The minimum atomic E-state index is -0.620. The molecule has 0 fully saturated rings. The molecular weight excluding hydrogens is 302 g/mol. The van der Waals surface area contributed by atoms with Crippen LogP contribution in [0.15, 0.2) is 36.4 Å². The van der Waals surface area contributed by atoms with Crippen LogP contribution in [0.25, 0.3) is 0 Å². The average Bonchev–Trinajstić information content (AvgIpc) is 2.59. The fraction of sp³-hybridized carbons (Fsp3) is 0.300. The van der Waals surface area contributed by atoms with E-state index >= 15 is 0 Å². The zero-order valence-electron chi connectivity index (χ0n) is 14.6. The van der Waals surface area contributed by atoms with E-state index in [2.05, 4.69) is 18.3 Å². The summed E-state index contributed by atoms with van der Waals surface area (Å²) in [6.45, 7) is 6.27. The molecule has 0 unspecified atom stereocenters. The molecule has 1 N–H and O–H groups in total. The number of rotatable bonds is 6. The zero-order valence-corrected chi connectivity index (χ0v) is 14.6. The van der Waals surface area contributed by atoms with E-state index in [0.717, 1.165) is 28.9 Å². The van der Waals surface area contributed by atoms with Crippen molar-refractivity contribution >= 4 is 11.7 Å². The van der Waals surface area contributed by atoms with Gasteiger partial charge in [-0.2, -0.15) is 0 Å². The second kappa shape index (κ2) is 7.77. The zero-order chi connectivity index (χ0) is 17.7. The van der Waals surface area contributed by atoms with Crippen LogP contribution < -0.4 is 10.1 Å². The Bertz CT molecular complexity index is 765. The maximum Gasteiger partial charge on any atom is 0.292 e. The lowest BCUT2D eigenvalue weighted by Crippen LogP contribution is -2.28. The minimum absolute atomic E-state index is 0.247. The summed E-state index contributed by atoms with van der Waals surface area (Å²) in [5.41, 5.74) is 4.36. The number of hydrogen-bond donors (Lipinski definition) is 1. The maximum atomic E-state index is 12.2. The monoisotopic (exact) mass is 325 g/mol. The summed E-state index contributed by atoms with van der Waals surface area (Å²) in [5, 5.41) is 2.38. The number of ether oxygens (including phenoxy) is 1. The molecule has 0 aliphatic rings. The third kappa shape index (κ3) is 3.82. The summed E-state index contributed by atoms with van der Waals surface area (Å²) in [6.07, 6.45) is 0.976. The molecule has 4 nitrogen and oxygen atoms in total. The first-order valence-electron chi connectivity index (χ1n) is 8.05. The first-order chi connectivity index (χ1) is 11.5. The van der Waals surface area contributed by atoms with E-state index < -0.39 is 11.7 Å². The van der Waals surface area contributed by atoms with Gasteiger partial charge in [0.25, 0.3) is 11.7 Å². The quantitative estimate of drug-likeness (QED) is 0.654. The van der Waals surface area contributed by atoms with Gasteiger partial charge in [0.1, 0.15) is 12.4 Å². The molecule has 0 atom stereocenters. The van der Waals surface area contributed by atoms with Gasteiger partial charge in [-0.15, -0.1) is 0 Å². The van der Waals surface area contributed by atoms with Crippen LogP contribution in [0.4, 0.5) is 0 Å². The molecule has 0 spiro atoms. The third-order valence-corrected chi connectivity index (χ3v) is 4.11. The lowest BCUT2D eigenvalue weighted by Gasteiger charge is -2.14. The van der Waals surface area contributed by atoms with E-state index in [1.807, 2.05) is 32.0 Å². The van der Waals surface area contributed by atoms with Crippen molar-refractivity contribution in [3.63, 3.8) is 0 Å². The van der Waals surface area contributed by atoms with E-state index in [-0.39, 0.29) is 6.61 Å². The Hall–Kier alpha value is -2.62. The van der Waals surface area contributed by atoms with Gasteiger partial charge in [0.05, 0.1) is 0 Å². The highest BCUT2D eigenvalue weighted by molar-refractivity contribution is 6.43. The number of nitrogens with one attached hydrogen (secondary N) is 1. The predicted molar refractivity (Wildman–Crippen MR) is 94.5 cm³/mol. The van der Waals surface area contributed by atoms with Crippen LogP contribution in [0, 0.1) is 13.8 Å². The maximum absolute atomic E-state index is 12.2. The molecule has 0 radical (unpaired) electrons. The lowest BCUT2D eigenvalue weighted by atomic mass is 9.99. The van der Waals surface area contributed by atoms with Crippen LogP contribution in [0.2, 0.25) is 0 Å². The highest BCUT2D eigenvalue weighted by Gasteiger charge is 2.19. The number of aryl methyl sites for hydroxylation is 3. The number of carbonyl (C=O) groups is 2. The van der Waals surface area contributed by atoms with E-state index in [9.17, 15) is 9.59 Å². The van der Waals surface area contributed by atoms with Gasteiger partial charge in [0.2, 0.25) is 0 Å². The molecular formula is C20H23NO3. The average molecular weight is 325 g/mol. The van der Waals surface area contributed by atoms with Crippen molar-refractivity contribution in [2.75, 3.05) is 7.05 Å². The highest BCUT2D eigenvalue weighted by Crippen LogP contribution is 2.23. The van der Waals surface area contributed by atoms with Gasteiger partial charge in [-0.25, -0.2) is 0 Å². The van der Waals surface area contributed by atoms with Crippen LogP contribution >= 0.6 is 0 Å². The van der Waals surface area contributed by atoms with Gasteiger partial charge in [0, 0.05) is 18.2 Å². The molecule has 24 heavy (non-hydrogen) atoms. The molecule has 0 saturated heterocycles. The Labute approximate surface area is 142 Å². The van der Waals surface area contributed by atoms with Crippen molar-refractivity contribution in [3.05, 3.63) is 64.2 Å². The number of amides is 1. The minimum Gasteiger partial charge on any atom is -0.489 e. The molecule has 2 rings (SSSR count). The van der Waals surface area contributed by atoms with E-state index in [1.165, 1.54) is 12.6 Å². The van der Waals surface area contributed by atoms with Gasteiger partial charge in [-0.1, -0.05) is 37.3 Å². The van der Waals surface area contributed by atoms with Gasteiger partial charge >= 0.3 is 0 Å². The summed E-state index contributed by atoms with van der Waals surface area (Å²) in [6, 6.07) is 11.4. The molecule has 0 aliphatic heterocycles. The molecule has 2 aromatic rings. The smallest absolute Gasteiger partial charge is 0.292 e. The first-order valence-corrected chi connectivity index (χ1v) is 8.05. The number of carbonyl (C=O) groups excluding carboxylic acids is 2. The molecule has 0 heterocycles. The fourth-order valence-corrected chi connectivity index (χ4v) is 2.59. The van der Waals surface area contributed by atoms with E-state index in [1.54, 1.807) is 12.1 Å². The van der Waals surface area contributed by atoms with E-state index in [4.69, 9.17) is 4.74 Å². The Morgan fingerprint density at radius 1 is 1.08 bits per heavy atom. The third-order valence-electron chi connectivity index (χ3n) is 4.11. The summed E-state index contributed by atoms with van der Waals surface area (Å²) in [4.78, 5) is 23.9. The van der Waals surface area contributed by atoms with Gasteiger partial charge in [-0.05, 0) is 43.0 Å². The number of Topliss-reactive ketones (excluding diaryl/α,β-unsaturated/α-hetero) is 1. The predicted octanol–water partition coefficient (Wildman–Crippen LogP) is 3.37. The van der Waals surface area contributed by atoms with Gasteiger partial charge in [0.15, 0.2) is 0 Å². The van der Waals surface area contributed by atoms with Crippen LogP contribution in [-0.4, -0.2) is 18.7 Å². The standard InChI is InChI=1S/C20H23NO3/c1-5-15-9-10-18(14(3)11-15)24-12-17-13(2)7-6-8-16(17)19(22)20(23)21-4/h6-11H,5,12H2,1-4H3,(H,21,23). The summed E-state index contributed by atoms with van der Waals surface area (Å²) >= 11 is 0. The van der Waals surface area contributed by atoms with Gasteiger partial charge in [-0.3, -0.25) is 9.59 Å². The molecule has 1 amide bonds. The largest absolute Gasteiger partial charge is 0.489 e. The van der Waals surface area contributed by atoms with Crippen molar-refractivity contribution in [1.82, 2.24) is 5.32 Å². The molecule has 0 aliphatic carbocycles. The van der Waals surface area contributed by atoms with Crippen LogP contribution in [0.3, 0.4) is 0 Å². The van der Waals surface area contributed by atoms with Crippen molar-refractivity contribution in [1.29, 1.82) is 0 Å². The van der Waals surface area contributed by atoms with Crippen molar-refractivity contribution in [2.24, 2.45) is 0 Å². The number of hydrogen-bond acceptors (Lipinski definition) is 3. The summed E-state index contributed by atoms with van der Waals surface area (Å²) in [5.74, 6) is -0.378. The lowest BCUT2D eigenvalue weighted by molar-refractivity contribution is -0.116.